The zero-order valence-corrected chi connectivity index (χ0v) is 17.3. The monoisotopic (exact) mass is 400 g/mol. The molecule has 2 N–H and O–H groups in total. The molecule has 0 radical (unpaired) electrons. The van der Waals surface area contributed by atoms with Crippen LogP contribution in [0, 0.1) is 27.7 Å². The van der Waals surface area contributed by atoms with Gasteiger partial charge in [0.15, 0.2) is 11.5 Å². The molecule has 0 aromatic heterocycles. The highest BCUT2D eigenvalue weighted by molar-refractivity contribution is 8.00. The van der Waals surface area contributed by atoms with E-state index in [1.807, 2.05) is 0 Å². The van der Waals surface area contributed by atoms with Gasteiger partial charge in [-0.2, -0.15) is 0 Å². The van der Waals surface area contributed by atoms with E-state index in [0.29, 0.717) is 30.4 Å². The number of hydrogen-bond acceptors (Lipinski definition) is 5. The van der Waals surface area contributed by atoms with Crippen LogP contribution in [0.4, 0.5) is 10.5 Å². The van der Waals surface area contributed by atoms with E-state index >= 15 is 0 Å². The molecule has 1 aliphatic rings. The van der Waals surface area contributed by atoms with E-state index in [2.05, 4.69) is 44.4 Å². The molecule has 0 atom stereocenters. The van der Waals surface area contributed by atoms with Crippen molar-refractivity contribution >= 4 is 29.4 Å². The molecular formula is C21H24N2O4S. The third-order valence-corrected chi connectivity index (χ3v) is 6.01. The summed E-state index contributed by atoms with van der Waals surface area (Å²) in [6.45, 7) is 9.20. The van der Waals surface area contributed by atoms with Crippen molar-refractivity contribution in [2.45, 2.75) is 32.6 Å². The Kier molecular flexibility index (Phi) is 6.14. The van der Waals surface area contributed by atoms with Crippen molar-refractivity contribution in [3.8, 4) is 11.5 Å². The molecule has 3 amide bonds. The number of rotatable bonds is 4. The summed E-state index contributed by atoms with van der Waals surface area (Å²) in [5, 5.41) is 5.01. The molecule has 0 fully saturated rings. The SMILES string of the molecule is Cc1cc(C)c(C)c(SCC(=O)NC(=O)Nc2ccc3c(c2)OCCO3)c1C. The minimum Gasteiger partial charge on any atom is -0.486 e. The Labute approximate surface area is 169 Å². The minimum absolute atomic E-state index is 0.166. The first kappa shape index (κ1) is 20.1. The van der Waals surface area contributed by atoms with Gasteiger partial charge < -0.3 is 14.8 Å². The number of nitrogens with one attached hydrogen (secondary N) is 2. The lowest BCUT2D eigenvalue weighted by Crippen LogP contribution is -2.35. The maximum absolute atomic E-state index is 12.2. The van der Waals surface area contributed by atoms with Gasteiger partial charge in [0.25, 0.3) is 0 Å². The molecule has 6 nitrogen and oxygen atoms in total. The molecule has 1 aliphatic heterocycles. The number of fused-ring (bicyclic) bond motifs is 1. The van der Waals surface area contributed by atoms with Crippen LogP contribution in [0.1, 0.15) is 22.3 Å². The molecule has 1 heterocycles. The van der Waals surface area contributed by atoms with Crippen LogP contribution >= 0.6 is 11.8 Å². The van der Waals surface area contributed by atoms with Gasteiger partial charge in [-0.3, -0.25) is 10.1 Å². The topological polar surface area (TPSA) is 76.7 Å². The highest BCUT2D eigenvalue weighted by Crippen LogP contribution is 2.33. The Morgan fingerprint density at radius 3 is 2.29 bits per heavy atom. The first-order valence-electron chi connectivity index (χ1n) is 9.06. The Morgan fingerprint density at radius 2 is 1.61 bits per heavy atom. The fourth-order valence-electron chi connectivity index (χ4n) is 2.98. The number of aryl methyl sites for hydroxylation is 2. The van der Waals surface area contributed by atoms with Crippen LogP contribution in [0.15, 0.2) is 29.2 Å². The van der Waals surface area contributed by atoms with Crippen molar-refractivity contribution < 1.29 is 19.1 Å². The summed E-state index contributed by atoms with van der Waals surface area (Å²) in [7, 11) is 0. The molecular weight excluding hydrogens is 376 g/mol. The number of imide groups is 1. The summed E-state index contributed by atoms with van der Waals surface area (Å²) >= 11 is 1.45. The second-order valence-electron chi connectivity index (χ2n) is 6.74. The number of hydrogen-bond donors (Lipinski definition) is 2. The van der Waals surface area contributed by atoms with E-state index in [1.54, 1.807) is 18.2 Å². The molecule has 0 saturated carbocycles. The molecule has 0 spiro atoms. The van der Waals surface area contributed by atoms with Gasteiger partial charge in [-0.15, -0.1) is 11.8 Å². The second-order valence-corrected chi connectivity index (χ2v) is 7.72. The maximum atomic E-state index is 12.2. The third kappa shape index (κ3) is 4.59. The zero-order chi connectivity index (χ0) is 20.3. The van der Waals surface area contributed by atoms with Crippen molar-refractivity contribution in [3.63, 3.8) is 0 Å². The lowest BCUT2D eigenvalue weighted by Gasteiger charge is -2.19. The summed E-state index contributed by atoms with van der Waals surface area (Å²) < 4.78 is 10.9. The third-order valence-electron chi connectivity index (χ3n) is 4.70. The first-order valence-corrected chi connectivity index (χ1v) is 10.0. The summed E-state index contributed by atoms with van der Waals surface area (Å²) in [5.41, 5.74) is 5.26. The summed E-state index contributed by atoms with van der Waals surface area (Å²) in [4.78, 5) is 25.4. The Bertz CT molecular complexity index is 901. The van der Waals surface area contributed by atoms with Gasteiger partial charge in [-0.1, -0.05) is 6.07 Å². The average Bonchev–Trinajstić information content (AvgIpc) is 2.66. The molecule has 0 bridgehead atoms. The second kappa shape index (κ2) is 8.56. The number of benzene rings is 2. The van der Waals surface area contributed by atoms with Crippen LogP contribution in [-0.4, -0.2) is 30.9 Å². The van der Waals surface area contributed by atoms with Crippen LogP contribution in [-0.2, 0) is 4.79 Å². The normalized spacial score (nSPS) is 12.4. The van der Waals surface area contributed by atoms with Gasteiger partial charge in [0.2, 0.25) is 5.91 Å². The Morgan fingerprint density at radius 1 is 0.964 bits per heavy atom. The van der Waals surface area contributed by atoms with E-state index in [4.69, 9.17) is 9.47 Å². The highest BCUT2D eigenvalue weighted by Gasteiger charge is 2.15. The van der Waals surface area contributed by atoms with E-state index in [1.165, 1.54) is 34.0 Å². The molecule has 148 valence electrons. The van der Waals surface area contributed by atoms with Crippen LogP contribution < -0.4 is 20.1 Å². The largest absolute Gasteiger partial charge is 0.486 e. The van der Waals surface area contributed by atoms with Crippen molar-refractivity contribution in [2.24, 2.45) is 0 Å². The maximum Gasteiger partial charge on any atom is 0.325 e. The Balaban J connectivity index is 1.56. The van der Waals surface area contributed by atoms with Crippen LogP contribution in [0.25, 0.3) is 0 Å². The molecule has 28 heavy (non-hydrogen) atoms. The predicted octanol–water partition coefficient (Wildman–Crippen LogP) is 4.13. The van der Waals surface area contributed by atoms with Crippen molar-refractivity contribution in [1.82, 2.24) is 5.32 Å². The number of carbonyl (C=O) groups is 2. The van der Waals surface area contributed by atoms with Gasteiger partial charge in [0.1, 0.15) is 13.2 Å². The molecule has 0 saturated heterocycles. The summed E-state index contributed by atoms with van der Waals surface area (Å²) in [6, 6.07) is 6.68. The fourth-order valence-corrected chi connectivity index (χ4v) is 4.08. The molecule has 2 aromatic carbocycles. The zero-order valence-electron chi connectivity index (χ0n) is 16.5. The molecule has 2 aromatic rings. The van der Waals surface area contributed by atoms with Gasteiger partial charge in [0.05, 0.1) is 5.75 Å². The van der Waals surface area contributed by atoms with E-state index in [-0.39, 0.29) is 11.7 Å². The number of carbonyl (C=O) groups excluding carboxylic acids is 2. The average molecular weight is 401 g/mol. The van der Waals surface area contributed by atoms with Crippen molar-refractivity contribution in [2.75, 3.05) is 24.3 Å². The van der Waals surface area contributed by atoms with E-state index in [9.17, 15) is 9.59 Å². The number of anilines is 1. The lowest BCUT2D eigenvalue weighted by molar-refractivity contribution is -0.117. The first-order chi connectivity index (χ1) is 13.3. The van der Waals surface area contributed by atoms with Gasteiger partial charge in [-0.05, 0) is 62.1 Å². The number of thioether (sulfide) groups is 1. The highest BCUT2D eigenvalue weighted by atomic mass is 32.2. The van der Waals surface area contributed by atoms with Crippen LogP contribution in [0.3, 0.4) is 0 Å². The summed E-state index contributed by atoms with van der Waals surface area (Å²) in [6.07, 6.45) is 0. The molecule has 3 rings (SSSR count). The lowest BCUT2D eigenvalue weighted by atomic mass is 10.0. The van der Waals surface area contributed by atoms with Crippen LogP contribution in [0.5, 0.6) is 11.5 Å². The fraction of sp³-hybridized carbons (Fsp3) is 0.333. The Hall–Kier alpha value is -2.67. The number of amides is 3. The van der Waals surface area contributed by atoms with Gasteiger partial charge in [0, 0.05) is 16.6 Å². The smallest absolute Gasteiger partial charge is 0.325 e. The standard InChI is InChI=1S/C21H24N2O4S/c1-12-9-13(2)15(4)20(14(12)3)28-11-19(24)23-21(25)22-16-5-6-17-18(10-16)27-8-7-26-17/h5-6,9-10H,7-8,11H2,1-4H3,(H2,22,23,24,25). The number of urea groups is 1. The van der Waals surface area contributed by atoms with Gasteiger partial charge >= 0.3 is 6.03 Å². The molecule has 0 unspecified atom stereocenters. The van der Waals surface area contributed by atoms with Gasteiger partial charge in [-0.25, -0.2) is 4.79 Å². The van der Waals surface area contributed by atoms with Crippen molar-refractivity contribution in [1.29, 1.82) is 0 Å². The van der Waals surface area contributed by atoms with Crippen molar-refractivity contribution in [3.05, 3.63) is 46.5 Å². The minimum atomic E-state index is -0.573. The predicted molar refractivity (Wildman–Crippen MR) is 111 cm³/mol. The van der Waals surface area contributed by atoms with Crippen LogP contribution in [0.2, 0.25) is 0 Å². The van der Waals surface area contributed by atoms with E-state index < -0.39 is 6.03 Å². The quantitative estimate of drug-likeness (QED) is 0.755. The summed E-state index contributed by atoms with van der Waals surface area (Å²) in [5.74, 6) is 1.03. The number of ether oxygens (including phenoxy) is 2. The molecule has 0 aliphatic carbocycles. The van der Waals surface area contributed by atoms with E-state index in [0.717, 1.165) is 4.90 Å². The molecule has 7 heteroatoms.